The van der Waals surface area contributed by atoms with E-state index in [1.165, 1.54) is 6.42 Å². The molecular formula is C27H36N2O3. The summed E-state index contributed by atoms with van der Waals surface area (Å²) < 4.78 is 5.35. The molecule has 5 nitrogen and oxygen atoms in total. The third-order valence-electron chi connectivity index (χ3n) is 6.29. The topological polar surface area (TPSA) is 58.6 Å². The summed E-state index contributed by atoms with van der Waals surface area (Å²) in [6.07, 6.45) is 7.23. The maximum Gasteiger partial charge on any atom is 0.243 e. The van der Waals surface area contributed by atoms with Crippen molar-refractivity contribution in [2.24, 2.45) is 0 Å². The second-order valence-electron chi connectivity index (χ2n) is 8.63. The van der Waals surface area contributed by atoms with E-state index < -0.39 is 6.04 Å². The van der Waals surface area contributed by atoms with Gasteiger partial charge in [-0.3, -0.25) is 9.59 Å². The first kappa shape index (κ1) is 23.8. The van der Waals surface area contributed by atoms with Gasteiger partial charge in [-0.25, -0.2) is 0 Å². The maximum absolute atomic E-state index is 13.4. The van der Waals surface area contributed by atoms with Crippen LogP contribution >= 0.6 is 0 Å². The molecule has 172 valence electrons. The molecule has 1 atom stereocenters. The highest BCUT2D eigenvalue weighted by atomic mass is 16.5. The molecule has 2 aromatic carbocycles. The Labute approximate surface area is 192 Å². The fourth-order valence-corrected chi connectivity index (χ4v) is 4.47. The molecular weight excluding hydrogens is 400 g/mol. The highest BCUT2D eigenvalue weighted by Crippen LogP contribution is 2.21. The molecule has 0 saturated heterocycles. The third kappa shape index (κ3) is 6.84. The van der Waals surface area contributed by atoms with Crippen LogP contribution in [0.15, 0.2) is 54.6 Å². The van der Waals surface area contributed by atoms with Gasteiger partial charge in [0.05, 0.1) is 7.11 Å². The standard InChI is InChI=1S/C27H36N2O3/c1-3-25(27(31)28-23-14-8-5-9-15-23)29(20-22-13-10-16-24(19-22)32-2)26(30)18-17-21-11-6-4-7-12-21/h4,6-7,10-13,16,19,23,25H,3,5,8-9,14-15,17-18,20H2,1-2H3,(H,28,31). The quantitative estimate of drug-likeness (QED) is 0.577. The Hall–Kier alpha value is -2.82. The number of carbonyl (C=O) groups excluding carboxylic acids is 2. The van der Waals surface area contributed by atoms with Crippen LogP contribution in [0.4, 0.5) is 0 Å². The smallest absolute Gasteiger partial charge is 0.243 e. The van der Waals surface area contributed by atoms with Crippen LogP contribution in [-0.4, -0.2) is 35.9 Å². The monoisotopic (exact) mass is 436 g/mol. The minimum absolute atomic E-state index is 0.00215. The number of hydrogen-bond donors (Lipinski definition) is 1. The second-order valence-corrected chi connectivity index (χ2v) is 8.63. The molecule has 0 radical (unpaired) electrons. The van der Waals surface area contributed by atoms with Crippen molar-refractivity contribution < 1.29 is 14.3 Å². The zero-order chi connectivity index (χ0) is 22.8. The third-order valence-corrected chi connectivity index (χ3v) is 6.29. The lowest BCUT2D eigenvalue weighted by Crippen LogP contribution is -2.51. The van der Waals surface area contributed by atoms with Crippen molar-refractivity contribution in [3.63, 3.8) is 0 Å². The average molecular weight is 437 g/mol. The van der Waals surface area contributed by atoms with Crippen LogP contribution in [0.1, 0.15) is 63.0 Å². The van der Waals surface area contributed by atoms with Crippen molar-refractivity contribution in [1.29, 1.82) is 0 Å². The van der Waals surface area contributed by atoms with E-state index in [4.69, 9.17) is 4.74 Å². The van der Waals surface area contributed by atoms with Gasteiger partial charge in [0.15, 0.2) is 0 Å². The first-order valence-electron chi connectivity index (χ1n) is 11.9. The van der Waals surface area contributed by atoms with Gasteiger partial charge in [0.1, 0.15) is 11.8 Å². The first-order valence-corrected chi connectivity index (χ1v) is 11.9. The lowest BCUT2D eigenvalue weighted by molar-refractivity contribution is -0.141. The lowest BCUT2D eigenvalue weighted by Gasteiger charge is -2.33. The number of aryl methyl sites for hydroxylation is 1. The van der Waals surface area contributed by atoms with Crippen LogP contribution in [0.25, 0.3) is 0 Å². The number of nitrogens with one attached hydrogen (secondary N) is 1. The highest BCUT2D eigenvalue weighted by Gasteiger charge is 2.30. The van der Waals surface area contributed by atoms with Crippen molar-refractivity contribution in [3.8, 4) is 5.75 Å². The van der Waals surface area contributed by atoms with E-state index in [-0.39, 0.29) is 17.9 Å². The van der Waals surface area contributed by atoms with Crippen molar-refractivity contribution in [3.05, 3.63) is 65.7 Å². The van der Waals surface area contributed by atoms with Gasteiger partial charge in [0, 0.05) is 19.0 Å². The van der Waals surface area contributed by atoms with E-state index in [1.54, 1.807) is 12.0 Å². The molecule has 0 aromatic heterocycles. The molecule has 3 rings (SSSR count). The van der Waals surface area contributed by atoms with Crippen LogP contribution < -0.4 is 10.1 Å². The lowest BCUT2D eigenvalue weighted by atomic mass is 9.95. The van der Waals surface area contributed by atoms with E-state index in [2.05, 4.69) is 5.32 Å². The fraction of sp³-hybridized carbons (Fsp3) is 0.481. The molecule has 1 fully saturated rings. The summed E-state index contributed by atoms with van der Waals surface area (Å²) in [6, 6.07) is 17.5. The summed E-state index contributed by atoms with van der Waals surface area (Å²) in [5, 5.41) is 3.23. The van der Waals surface area contributed by atoms with Crippen LogP contribution in [0.3, 0.4) is 0 Å². The van der Waals surface area contributed by atoms with E-state index in [9.17, 15) is 9.59 Å². The van der Waals surface area contributed by atoms with E-state index >= 15 is 0 Å². The molecule has 1 N–H and O–H groups in total. The molecule has 0 aliphatic heterocycles. The number of methoxy groups -OCH3 is 1. The fourth-order valence-electron chi connectivity index (χ4n) is 4.47. The largest absolute Gasteiger partial charge is 0.497 e. The number of hydrogen-bond acceptors (Lipinski definition) is 3. The van der Waals surface area contributed by atoms with Gasteiger partial charge in [-0.15, -0.1) is 0 Å². The number of carbonyl (C=O) groups is 2. The second kappa shape index (κ2) is 12.3. The first-order chi connectivity index (χ1) is 15.6. The summed E-state index contributed by atoms with van der Waals surface area (Å²) in [5.74, 6) is 0.719. The molecule has 0 spiro atoms. The Kier molecular flexibility index (Phi) is 9.14. The number of ether oxygens (including phenoxy) is 1. The molecule has 2 aromatic rings. The molecule has 0 bridgehead atoms. The van der Waals surface area contributed by atoms with Gasteiger partial charge < -0.3 is 15.0 Å². The molecule has 1 aliphatic rings. The number of amides is 2. The Morgan fingerprint density at radius 2 is 1.75 bits per heavy atom. The van der Waals surface area contributed by atoms with Gasteiger partial charge >= 0.3 is 0 Å². The van der Waals surface area contributed by atoms with E-state index in [0.29, 0.717) is 25.8 Å². The summed E-state index contributed by atoms with van der Waals surface area (Å²) in [7, 11) is 1.63. The van der Waals surface area contributed by atoms with Crippen molar-refractivity contribution >= 4 is 11.8 Å². The van der Waals surface area contributed by atoms with Gasteiger partial charge in [0.25, 0.3) is 0 Å². The van der Waals surface area contributed by atoms with Crippen molar-refractivity contribution in [1.82, 2.24) is 10.2 Å². The van der Waals surface area contributed by atoms with Crippen LogP contribution in [0, 0.1) is 0 Å². The molecule has 2 amide bonds. The predicted octanol–water partition coefficient (Wildman–Crippen LogP) is 4.88. The van der Waals surface area contributed by atoms with Gasteiger partial charge in [-0.1, -0.05) is 68.7 Å². The average Bonchev–Trinajstić information content (AvgIpc) is 2.83. The zero-order valence-corrected chi connectivity index (χ0v) is 19.4. The molecule has 1 aliphatic carbocycles. The summed E-state index contributed by atoms with van der Waals surface area (Å²) in [6.45, 7) is 2.37. The molecule has 1 unspecified atom stereocenters. The van der Waals surface area contributed by atoms with E-state index in [1.807, 2.05) is 61.5 Å². The van der Waals surface area contributed by atoms with Crippen LogP contribution in [0.2, 0.25) is 0 Å². The van der Waals surface area contributed by atoms with Crippen LogP contribution in [0.5, 0.6) is 5.75 Å². The Balaban J connectivity index is 1.76. The maximum atomic E-state index is 13.4. The van der Waals surface area contributed by atoms with E-state index in [0.717, 1.165) is 42.6 Å². The molecule has 1 saturated carbocycles. The number of nitrogens with zero attached hydrogens (tertiary/aromatic N) is 1. The minimum Gasteiger partial charge on any atom is -0.497 e. The summed E-state index contributed by atoms with van der Waals surface area (Å²) in [5.41, 5.74) is 2.09. The Morgan fingerprint density at radius 3 is 2.44 bits per heavy atom. The van der Waals surface area contributed by atoms with Crippen LogP contribution in [-0.2, 0) is 22.6 Å². The normalized spacial score (nSPS) is 15.1. The van der Waals surface area contributed by atoms with Gasteiger partial charge in [-0.05, 0) is 48.9 Å². The zero-order valence-electron chi connectivity index (χ0n) is 19.4. The van der Waals surface area contributed by atoms with Crippen molar-refractivity contribution in [2.45, 2.75) is 76.9 Å². The predicted molar refractivity (Wildman–Crippen MR) is 127 cm³/mol. The van der Waals surface area contributed by atoms with Crippen molar-refractivity contribution in [2.75, 3.05) is 7.11 Å². The van der Waals surface area contributed by atoms with Gasteiger partial charge in [0.2, 0.25) is 11.8 Å². The Morgan fingerprint density at radius 1 is 1.03 bits per heavy atom. The number of benzene rings is 2. The highest BCUT2D eigenvalue weighted by molar-refractivity contribution is 5.88. The van der Waals surface area contributed by atoms with Gasteiger partial charge in [-0.2, -0.15) is 0 Å². The summed E-state index contributed by atoms with van der Waals surface area (Å²) in [4.78, 5) is 28.4. The number of rotatable bonds is 10. The minimum atomic E-state index is -0.480. The Bertz CT molecular complexity index is 862. The summed E-state index contributed by atoms with van der Waals surface area (Å²) >= 11 is 0. The molecule has 0 heterocycles. The molecule has 32 heavy (non-hydrogen) atoms. The molecule has 5 heteroatoms. The SMILES string of the molecule is CCC(C(=O)NC1CCCCC1)N(Cc1cccc(OC)c1)C(=O)CCc1ccccc1.